The van der Waals surface area contributed by atoms with E-state index in [4.69, 9.17) is 16.0 Å². The van der Waals surface area contributed by atoms with Gasteiger partial charge in [0.25, 0.3) is 10.1 Å². The molecule has 0 aliphatic heterocycles. The minimum absolute atomic E-state index is 0.0440. The van der Waals surface area contributed by atoms with Gasteiger partial charge in [-0.25, -0.2) is 0 Å². The SMILES string of the molecule is Nc1cc(N)c2ccc(S(=O)(=O)O)cc2c1O. The Labute approximate surface area is 97.2 Å². The Balaban J connectivity index is 2.91. The van der Waals surface area contributed by atoms with Crippen LogP contribution in [0.15, 0.2) is 29.2 Å². The second-order valence-electron chi connectivity index (χ2n) is 3.59. The topological polar surface area (TPSA) is 127 Å². The highest BCUT2D eigenvalue weighted by Gasteiger charge is 2.14. The summed E-state index contributed by atoms with van der Waals surface area (Å²) in [7, 11) is -4.33. The maximum atomic E-state index is 11.0. The normalized spacial score (nSPS) is 11.8. The summed E-state index contributed by atoms with van der Waals surface area (Å²) in [5, 5.41) is 10.4. The number of aromatic hydroxyl groups is 1. The standard InChI is InChI=1S/C10H10N2O4S/c11-8-4-9(12)10(13)7-3-5(17(14,15)16)1-2-6(7)8/h1-4,13H,11-12H2,(H,14,15,16). The molecule has 2 rings (SSSR count). The molecular formula is C10H10N2O4S. The van der Waals surface area contributed by atoms with Gasteiger partial charge < -0.3 is 16.6 Å². The Kier molecular flexibility index (Phi) is 2.37. The van der Waals surface area contributed by atoms with Crippen LogP contribution in [0, 0.1) is 0 Å². The third-order valence-corrected chi connectivity index (χ3v) is 3.29. The fraction of sp³-hybridized carbons (Fsp3) is 0. The number of phenols is 1. The third kappa shape index (κ3) is 1.85. The molecule has 0 unspecified atom stereocenters. The van der Waals surface area contributed by atoms with Crippen LogP contribution in [0.4, 0.5) is 11.4 Å². The van der Waals surface area contributed by atoms with Crippen LogP contribution in [0.2, 0.25) is 0 Å². The number of phenolic OH excluding ortho intramolecular Hbond substituents is 1. The van der Waals surface area contributed by atoms with Gasteiger partial charge in [0.2, 0.25) is 0 Å². The Bertz CT molecular complexity index is 710. The van der Waals surface area contributed by atoms with E-state index >= 15 is 0 Å². The van der Waals surface area contributed by atoms with E-state index in [-0.39, 0.29) is 21.7 Å². The van der Waals surface area contributed by atoms with E-state index in [0.717, 1.165) is 6.07 Å². The van der Waals surface area contributed by atoms with E-state index in [9.17, 15) is 13.5 Å². The Hall–Kier alpha value is -1.99. The lowest BCUT2D eigenvalue weighted by Gasteiger charge is -2.08. The largest absolute Gasteiger partial charge is 0.505 e. The van der Waals surface area contributed by atoms with Crippen molar-refractivity contribution >= 4 is 32.3 Å². The molecule has 0 radical (unpaired) electrons. The molecule has 6 N–H and O–H groups in total. The zero-order valence-corrected chi connectivity index (χ0v) is 9.40. The van der Waals surface area contributed by atoms with Crippen molar-refractivity contribution in [3.05, 3.63) is 24.3 Å². The lowest BCUT2D eigenvalue weighted by Crippen LogP contribution is -1.99. The van der Waals surface area contributed by atoms with Crippen molar-refractivity contribution in [1.82, 2.24) is 0 Å². The van der Waals surface area contributed by atoms with Crippen LogP contribution >= 0.6 is 0 Å². The monoisotopic (exact) mass is 254 g/mol. The highest BCUT2D eigenvalue weighted by molar-refractivity contribution is 7.85. The zero-order chi connectivity index (χ0) is 12.8. The molecule has 0 saturated carbocycles. The quantitative estimate of drug-likeness (QED) is 0.260. The molecular weight excluding hydrogens is 244 g/mol. The number of rotatable bonds is 1. The molecule has 0 aliphatic rings. The highest BCUT2D eigenvalue weighted by atomic mass is 32.2. The predicted molar refractivity (Wildman–Crippen MR) is 64.3 cm³/mol. The van der Waals surface area contributed by atoms with E-state index in [1.165, 1.54) is 18.2 Å². The van der Waals surface area contributed by atoms with Gasteiger partial charge in [0, 0.05) is 16.5 Å². The van der Waals surface area contributed by atoms with E-state index < -0.39 is 10.1 Å². The summed E-state index contributed by atoms with van der Waals surface area (Å²) in [6.45, 7) is 0. The second kappa shape index (κ2) is 3.51. The molecule has 17 heavy (non-hydrogen) atoms. The fourth-order valence-corrected chi connectivity index (χ4v) is 2.11. The van der Waals surface area contributed by atoms with Crippen molar-refractivity contribution in [2.75, 3.05) is 11.5 Å². The maximum Gasteiger partial charge on any atom is 0.294 e. The van der Waals surface area contributed by atoms with Gasteiger partial charge in [-0.05, 0) is 18.2 Å². The van der Waals surface area contributed by atoms with Crippen LogP contribution < -0.4 is 11.5 Å². The smallest absolute Gasteiger partial charge is 0.294 e. The summed E-state index contributed by atoms with van der Waals surface area (Å²) in [5.74, 6) is -0.264. The van der Waals surface area contributed by atoms with Gasteiger partial charge in [-0.3, -0.25) is 4.55 Å². The first-order chi connectivity index (χ1) is 7.80. The second-order valence-corrected chi connectivity index (χ2v) is 5.01. The summed E-state index contributed by atoms with van der Waals surface area (Å²) < 4.78 is 30.8. The number of nitrogens with two attached hydrogens (primary N) is 2. The third-order valence-electron chi connectivity index (χ3n) is 2.44. The first-order valence-corrected chi connectivity index (χ1v) is 6.03. The molecule has 0 bridgehead atoms. The molecule has 0 saturated heterocycles. The predicted octanol–water partition coefficient (Wildman–Crippen LogP) is 0.957. The molecule has 0 amide bonds. The molecule has 0 atom stereocenters. The number of fused-ring (bicyclic) bond motifs is 1. The lowest BCUT2D eigenvalue weighted by atomic mass is 10.1. The van der Waals surface area contributed by atoms with Crippen molar-refractivity contribution in [2.45, 2.75) is 4.90 Å². The maximum absolute atomic E-state index is 11.0. The Morgan fingerprint density at radius 1 is 1.00 bits per heavy atom. The number of hydrogen-bond acceptors (Lipinski definition) is 5. The van der Waals surface area contributed by atoms with E-state index in [1.54, 1.807) is 0 Å². The van der Waals surface area contributed by atoms with E-state index in [1.807, 2.05) is 0 Å². The van der Waals surface area contributed by atoms with Crippen LogP contribution in [0.5, 0.6) is 5.75 Å². The van der Waals surface area contributed by atoms with Crippen LogP contribution in [0.3, 0.4) is 0 Å². The molecule has 0 aromatic heterocycles. The van der Waals surface area contributed by atoms with Crippen molar-refractivity contribution in [1.29, 1.82) is 0 Å². The number of benzene rings is 2. The average Bonchev–Trinajstić information content (AvgIpc) is 2.24. The van der Waals surface area contributed by atoms with Gasteiger partial charge in [-0.15, -0.1) is 0 Å². The van der Waals surface area contributed by atoms with Crippen molar-refractivity contribution in [3.63, 3.8) is 0 Å². The van der Waals surface area contributed by atoms with Crippen LogP contribution in [-0.2, 0) is 10.1 Å². The summed E-state index contributed by atoms with van der Waals surface area (Å²) in [5.41, 5.74) is 11.5. The molecule has 0 aliphatic carbocycles. The minimum Gasteiger partial charge on any atom is -0.505 e. The Morgan fingerprint density at radius 3 is 2.24 bits per heavy atom. The molecule has 2 aromatic carbocycles. The van der Waals surface area contributed by atoms with Crippen molar-refractivity contribution in [2.24, 2.45) is 0 Å². The van der Waals surface area contributed by atoms with Gasteiger partial charge in [-0.2, -0.15) is 8.42 Å². The number of anilines is 2. The summed E-state index contributed by atoms with van der Waals surface area (Å²) in [4.78, 5) is -0.328. The molecule has 0 heterocycles. The molecule has 0 spiro atoms. The van der Waals surface area contributed by atoms with Gasteiger partial charge in [0.05, 0.1) is 10.6 Å². The average molecular weight is 254 g/mol. The first kappa shape index (κ1) is 11.5. The van der Waals surface area contributed by atoms with Crippen molar-refractivity contribution < 1.29 is 18.1 Å². The van der Waals surface area contributed by atoms with Gasteiger partial charge in [0.15, 0.2) is 0 Å². The first-order valence-electron chi connectivity index (χ1n) is 4.59. The summed E-state index contributed by atoms with van der Waals surface area (Å²) in [6.07, 6.45) is 0. The van der Waals surface area contributed by atoms with E-state index in [0.29, 0.717) is 11.1 Å². The molecule has 90 valence electrons. The highest BCUT2D eigenvalue weighted by Crippen LogP contribution is 2.36. The lowest BCUT2D eigenvalue weighted by molar-refractivity contribution is 0.482. The number of hydrogen-bond donors (Lipinski definition) is 4. The molecule has 6 nitrogen and oxygen atoms in total. The molecule has 0 fully saturated rings. The summed E-state index contributed by atoms with van der Waals surface area (Å²) in [6, 6.07) is 5.09. The van der Waals surface area contributed by atoms with Gasteiger partial charge in [0.1, 0.15) is 5.75 Å². The van der Waals surface area contributed by atoms with Crippen LogP contribution in [0.1, 0.15) is 0 Å². The fourth-order valence-electron chi connectivity index (χ4n) is 1.60. The number of nitrogen functional groups attached to an aromatic ring is 2. The summed E-state index contributed by atoms with van der Waals surface area (Å²) >= 11 is 0. The van der Waals surface area contributed by atoms with Gasteiger partial charge in [-0.1, -0.05) is 6.07 Å². The minimum atomic E-state index is -4.33. The van der Waals surface area contributed by atoms with Crippen LogP contribution in [0.25, 0.3) is 10.8 Å². The van der Waals surface area contributed by atoms with E-state index in [2.05, 4.69) is 0 Å². The van der Waals surface area contributed by atoms with Crippen LogP contribution in [-0.4, -0.2) is 18.1 Å². The Morgan fingerprint density at radius 2 is 1.65 bits per heavy atom. The molecule has 2 aromatic rings. The van der Waals surface area contributed by atoms with Crippen molar-refractivity contribution in [3.8, 4) is 5.75 Å². The van der Waals surface area contributed by atoms with Gasteiger partial charge >= 0.3 is 0 Å². The molecule has 7 heteroatoms. The zero-order valence-electron chi connectivity index (χ0n) is 8.58.